The number of nitrogens with two attached hydrogens (primary N) is 1. The number of hydrogen-bond donors (Lipinski definition) is 1. The number of aromatic nitrogens is 3. The number of fused-ring (bicyclic) bond motifs is 1. The van der Waals surface area contributed by atoms with Crippen LogP contribution in [0.4, 0.5) is 0 Å². The first kappa shape index (κ1) is 7.06. The highest BCUT2D eigenvalue weighted by Crippen LogP contribution is 2.13. The lowest BCUT2D eigenvalue weighted by Gasteiger charge is -2.17. The fourth-order valence-electron chi connectivity index (χ4n) is 1.30. The van der Waals surface area contributed by atoms with E-state index in [9.17, 15) is 0 Å². The highest BCUT2D eigenvalue weighted by atomic mass is 35.5. The van der Waals surface area contributed by atoms with Gasteiger partial charge in [-0.25, -0.2) is 9.67 Å². The molecule has 1 aliphatic heterocycles. The van der Waals surface area contributed by atoms with Gasteiger partial charge in [0.05, 0.1) is 6.54 Å². The third kappa shape index (κ3) is 1.23. The van der Waals surface area contributed by atoms with Crippen molar-refractivity contribution in [3.05, 3.63) is 11.1 Å². The minimum absolute atomic E-state index is 0.209. The van der Waals surface area contributed by atoms with Gasteiger partial charge in [0.1, 0.15) is 5.82 Å². The van der Waals surface area contributed by atoms with Crippen LogP contribution in [-0.2, 0) is 13.0 Å². The Morgan fingerprint density at radius 2 is 2.45 bits per heavy atom. The van der Waals surface area contributed by atoms with Crippen LogP contribution in [0.25, 0.3) is 0 Å². The number of aryl methyl sites for hydroxylation is 1. The second-order valence-corrected chi connectivity index (χ2v) is 3.12. The summed E-state index contributed by atoms with van der Waals surface area (Å²) in [6, 6.07) is 0.209. The molecule has 0 saturated heterocycles. The number of nitrogens with zero attached hydrogens (tertiary/aromatic N) is 3. The van der Waals surface area contributed by atoms with Crippen molar-refractivity contribution in [1.82, 2.24) is 14.8 Å². The minimum Gasteiger partial charge on any atom is -0.326 e. The van der Waals surface area contributed by atoms with E-state index in [0.717, 1.165) is 25.2 Å². The van der Waals surface area contributed by atoms with Gasteiger partial charge in [-0.15, -0.1) is 5.10 Å². The van der Waals surface area contributed by atoms with Crippen LogP contribution in [0.3, 0.4) is 0 Å². The lowest BCUT2D eigenvalue weighted by molar-refractivity contribution is 0.422. The Morgan fingerprint density at radius 1 is 1.64 bits per heavy atom. The molecule has 5 heteroatoms. The lowest BCUT2D eigenvalue weighted by Crippen LogP contribution is -2.32. The number of rotatable bonds is 0. The van der Waals surface area contributed by atoms with Gasteiger partial charge in [0.2, 0.25) is 5.28 Å². The van der Waals surface area contributed by atoms with E-state index >= 15 is 0 Å². The summed E-state index contributed by atoms with van der Waals surface area (Å²) in [4.78, 5) is 4.05. The van der Waals surface area contributed by atoms with E-state index in [-0.39, 0.29) is 6.04 Å². The minimum atomic E-state index is 0.209. The van der Waals surface area contributed by atoms with Crippen molar-refractivity contribution in [3.63, 3.8) is 0 Å². The maximum Gasteiger partial charge on any atom is 0.242 e. The predicted molar refractivity (Wildman–Crippen MR) is 41.3 cm³/mol. The first-order valence-corrected chi connectivity index (χ1v) is 3.98. The maximum absolute atomic E-state index is 5.73. The third-order valence-corrected chi connectivity index (χ3v) is 2.03. The molecule has 11 heavy (non-hydrogen) atoms. The monoisotopic (exact) mass is 172 g/mol. The van der Waals surface area contributed by atoms with E-state index in [1.165, 1.54) is 0 Å². The van der Waals surface area contributed by atoms with Gasteiger partial charge >= 0.3 is 0 Å². The molecule has 0 aromatic carbocycles. The molecule has 0 amide bonds. The first-order chi connectivity index (χ1) is 5.25. The molecule has 2 rings (SSSR count). The molecule has 0 radical (unpaired) electrons. The zero-order chi connectivity index (χ0) is 7.84. The van der Waals surface area contributed by atoms with Crippen LogP contribution < -0.4 is 5.73 Å². The quantitative estimate of drug-likeness (QED) is 0.609. The molecule has 60 valence electrons. The van der Waals surface area contributed by atoms with E-state index in [4.69, 9.17) is 17.3 Å². The van der Waals surface area contributed by atoms with Crippen LogP contribution in [0.5, 0.6) is 0 Å². The Balaban J connectivity index is 2.34. The molecule has 0 spiro atoms. The molecule has 1 unspecified atom stereocenters. The molecule has 0 fully saturated rings. The second kappa shape index (κ2) is 2.46. The largest absolute Gasteiger partial charge is 0.326 e. The number of halogens is 1. The van der Waals surface area contributed by atoms with E-state index in [0.29, 0.717) is 5.28 Å². The van der Waals surface area contributed by atoms with Crippen LogP contribution in [-0.4, -0.2) is 20.8 Å². The average molecular weight is 173 g/mol. The zero-order valence-electron chi connectivity index (χ0n) is 6.00. The average Bonchev–Trinajstić information content (AvgIpc) is 2.27. The van der Waals surface area contributed by atoms with Crippen LogP contribution >= 0.6 is 11.6 Å². The van der Waals surface area contributed by atoms with Gasteiger partial charge in [-0.3, -0.25) is 0 Å². The summed E-state index contributed by atoms with van der Waals surface area (Å²) in [6.45, 7) is 0.745. The van der Waals surface area contributed by atoms with Crippen LogP contribution in [0.15, 0.2) is 0 Å². The summed E-state index contributed by atoms with van der Waals surface area (Å²) in [7, 11) is 0. The molecule has 1 aromatic rings. The van der Waals surface area contributed by atoms with Crippen LogP contribution in [0.1, 0.15) is 12.2 Å². The van der Waals surface area contributed by atoms with Gasteiger partial charge < -0.3 is 5.73 Å². The van der Waals surface area contributed by atoms with E-state index in [1.54, 1.807) is 4.68 Å². The van der Waals surface area contributed by atoms with Gasteiger partial charge in [0.25, 0.3) is 0 Å². The van der Waals surface area contributed by atoms with Gasteiger partial charge in [-0.1, -0.05) is 0 Å². The Bertz CT molecular complexity index is 270. The van der Waals surface area contributed by atoms with Crippen molar-refractivity contribution >= 4 is 11.6 Å². The van der Waals surface area contributed by atoms with Crippen molar-refractivity contribution in [2.75, 3.05) is 0 Å². The Labute approximate surface area is 69.4 Å². The summed E-state index contributed by atoms with van der Waals surface area (Å²) >= 11 is 5.61. The fourth-order valence-corrected chi connectivity index (χ4v) is 1.49. The molecule has 0 saturated carbocycles. The van der Waals surface area contributed by atoms with Crippen LogP contribution in [0, 0.1) is 0 Å². The van der Waals surface area contributed by atoms with Crippen molar-refractivity contribution in [2.45, 2.75) is 25.4 Å². The molecule has 1 aromatic heterocycles. The normalized spacial score (nSPS) is 23.3. The smallest absolute Gasteiger partial charge is 0.242 e. The molecule has 1 aliphatic rings. The van der Waals surface area contributed by atoms with Gasteiger partial charge in [0, 0.05) is 12.5 Å². The molecule has 2 N–H and O–H groups in total. The standard InChI is InChI=1S/C6H9ClN4/c7-6-9-5-2-1-4(8)3-11(5)10-6/h4H,1-3,8H2. The SMILES string of the molecule is NC1CCc2nc(Cl)nn2C1. The van der Waals surface area contributed by atoms with Gasteiger partial charge in [0.15, 0.2) is 0 Å². The van der Waals surface area contributed by atoms with Crippen molar-refractivity contribution in [3.8, 4) is 0 Å². The highest BCUT2D eigenvalue weighted by Gasteiger charge is 2.17. The molecule has 0 aliphatic carbocycles. The molecule has 4 nitrogen and oxygen atoms in total. The second-order valence-electron chi connectivity index (χ2n) is 2.78. The summed E-state index contributed by atoms with van der Waals surface area (Å²) in [6.07, 6.45) is 1.87. The lowest BCUT2D eigenvalue weighted by atomic mass is 10.1. The Morgan fingerprint density at radius 3 is 3.27 bits per heavy atom. The van der Waals surface area contributed by atoms with Gasteiger partial charge in [-0.05, 0) is 18.0 Å². The summed E-state index contributed by atoms with van der Waals surface area (Å²) in [5, 5.41) is 4.32. The van der Waals surface area contributed by atoms with Gasteiger partial charge in [-0.2, -0.15) is 0 Å². The zero-order valence-corrected chi connectivity index (χ0v) is 6.75. The Kier molecular flexibility index (Phi) is 1.58. The molecular weight excluding hydrogens is 164 g/mol. The third-order valence-electron chi connectivity index (χ3n) is 1.87. The van der Waals surface area contributed by atoms with E-state index in [2.05, 4.69) is 10.1 Å². The predicted octanol–water partition coefficient (Wildman–Crippen LogP) is 0.205. The summed E-state index contributed by atoms with van der Waals surface area (Å²) < 4.78 is 1.79. The van der Waals surface area contributed by atoms with Crippen molar-refractivity contribution < 1.29 is 0 Å². The molecule has 1 atom stereocenters. The topological polar surface area (TPSA) is 56.7 Å². The highest BCUT2D eigenvalue weighted by molar-refractivity contribution is 6.28. The summed E-state index contributed by atoms with van der Waals surface area (Å²) in [5.41, 5.74) is 5.73. The fraction of sp³-hybridized carbons (Fsp3) is 0.667. The molecule has 0 bridgehead atoms. The Hall–Kier alpha value is -0.610. The first-order valence-electron chi connectivity index (χ1n) is 3.60. The van der Waals surface area contributed by atoms with Crippen molar-refractivity contribution in [2.24, 2.45) is 5.73 Å². The van der Waals surface area contributed by atoms with E-state index in [1.807, 2.05) is 0 Å². The van der Waals surface area contributed by atoms with E-state index < -0.39 is 0 Å². The summed E-state index contributed by atoms with van der Waals surface area (Å²) in [5.74, 6) is 0.955. The maximum atomic E-state index is 5.73. The van der Waals surface area contributed by atoms with Crippen molar-refractivity contribution in [1.29, 1.82) is 0 Å². The van der Waals surface area contributed by atoms with Crippen LogP contribution in [0.2, 0.25) is 5.28 Å². The number of hydrogen-bond acceptors (Lipinski definition) is 3. The molecular formula is C6H9ClN4. The molecule has 2 heterocycles.